The van der Waals surface area contributed by atoms with Gasteiger partial charge in [0.1, 0.15) is 42.4 Å². The minimum atomic E-state index is -1.82. The summed E-state index contributed by atoms with van der Waals surface area (Å²) in [5.41, 5.74) is -2.74. The van der Waals surface area contributed by atoms with Crippen LogP contribution in [0.15, 0.2) is 30.3 Å². The van der Waals surface area contributed by atoms with Gasteiger partial charge >= 0.3 is 5.97 Å². The van der Waals surface area contributed by atoms with Gasteiger partial charge in [-0.3, -0.25) is 4.79 Å². The van der Waals surface area contributed by atoms with Crippen molar-refractivity contribution in [1.29, 1.82) is 0 Å². The Hall–Kier alpha value is -1.96. The van der Waals surface area contributed by atoms with E-state index in [4.69, 9.17) is 18.9 Å². The summed E-state index contributed by atoms with van der Waals surface area (Å²) in [6, 6.07) is 8.29. The summed E-state index contributed by atoms with van der Waals surface area (Å²) in [5, 5.41) is 52.1. The fourth-order valence-corrected chi connectivity index (χ4v) is 6.09. The van der Waals surface area contributed by atoms with Crippen LogP contribution in [0.5, 0.6) is 0 Å². The molecule has 2 saturated heterocycles. The Morgan fingerprint density at radius 2 is 1.88 bits per heavy atom. The quantitative estimate of drug-likeness (QED) is 0.300. The van der Waals surface area contributed by atoms with Crippen molar-refractivity contribution in [3.8, 4) is 0 Å². The molecule has 2 heterocycles. The van der Waals surface area contributed by atoms with Crippen LogP contribution in [0.4, 0.5) is 0 Å². The second kappa shape index (κ2) is 8.04. The predicted octanol–water partition coefficient (Wildman–Crippen LogP) is -1.51. The number of ketones is 1. The number of carbonyl (C=O) groups is 2. The Bertz CT molecular complexity index is 971. The van der Waals surface area contributed by atoms with Crippen molar-refractivity contribution < 1.29 is 54.1 Å². The van der Waals surface area contributed by atoms with Gasteiger partial charge in [-0.25, -0.2) is 4.79 Å². The molecule has 2 saturated carbocycles. The van der Waals surface area contributed by atoms with E-state index in [1.54, 1.807) is 30.3 Å². The molecule has 0 aromatic heterocycles. The molecule has 1 aromatic carbocycles. The molecule has 1 unspecified atom stereocenters. The number of carbonyl (C=O) groups excluding carboxylic acids is 2. The number of hydrogen-bond acceptors (Lipinski definition) is 11. The molecule has 11 nitrogen and oxygen atoms in total. The van der Waals surface area contributed by atoms with E-state index in [1.165, 1.54) is 6.92 Å². The average Bonchev–Trinajstić information content (AvgIpc) is 3.10. The molecule has 0 amide bonds. The lowest BCUT2D eigenvalue weighted by molar-refractivity contribution is -0.380. The molecule has 11 heteroatoms. The standard InChI is InChI=1S/C23H28O11/c1-21(34-18-17(27)16(26)14(9-24)32-20(18)29)23(30)8-12-13(25)7-15(33-21)22(12,23)10-31-19(28)11-5-3-2-4-6-11/h2-6,12,14-18,20,24,26-27,29-30H,7-10H2,1H3/t12-,14+,15?,16+,17-,18+,20+,21+,22-,23-/m0/s1. The molecule has 0 radical (unpaired) electrons. The summed E-state index contributed by atoms with van der Waals surface area (Å²) in [4.78, 5) is 25.1. The van der Waals surface area contributed by atoms with E-state index >= 15 is 0 Å². The normalized spacial score (nSPS) is 47.2. The van der Waals surface area contributed by atoms with E-state index in [-0.39, 0.29) is 25.2 Å². The van der Waals surface area contributed by atoms with E-state index in [2.05, 4.69) is 0 Å². The molecule has 2 aliphatic carbocycles. The Morgan fingerprint density at radius 3 is 2.56 bits per heavy atom. The van der Waals surface area contributed by atoms with Crippen molar-refractivity contribution >= 4 is 11.8 Å². The lowest BCUT2D eigenvalue weighted by atomic mass is 9.49. The van der Waals surface area contributed by atoms with Crippen LogP contribution in [0.2, 0.25) is 0 Å². The fourth-order valence-electron chi connectivity index (χ4n) is 6.09. The minimum Gasteiger partial charge on any atom is -0.461 e. The molecule has 5 N–H and O–H groups in total. The minimum absolute atomic E-state index is 0.0176. The first kappa shape index (κ1) is 23.8. The first-order valence-electron chi connectivity index (χ1n) is 11.2. The van der Waals surface area contributed by atoms with Crippen LogP contribution in [0.25, 0.3) is 0 Å². The first-order chi connectivity index (χ1) is 16.1. The largest absolute Gasteiger partial charge is 0.461 e. The summed E-state index contributed by atoms with van der Waals surface area (Å²) in [7, 11) is 0. The molecule has 0 spiro atoms. The Kier molecular flexibility index (Phi) is 5.62. The third-order valence-electron chi connectivity index (χ3n) is 8.01. The SMILES string of the molecule is C[C@]1(O[C@@H]2[C@@H](O)[C@H](O)[C@@H](CO)O[C@H]2O)OC2CC(=O)[C@@H]3C[C@@]1(O)[C@]23COC(=O)c1ccccc1. The van der Waals surface area contributed by atoms with E-state index in [0.29, 0.717) is 5.56 Å². The summed E-state index contributed by atoms with van der Waals surface area (Å²) < 4.78 is 22.6. The van der Waals surface area contributed by atoms with Gasteiger partial charge in [0.15, 0.2) is 12.1 Å². The van der Waals surface area contributed by atoms with Crippen molar-refractivity contribution in [2.24, 2.45) is 11.3 Å². The molecule has 4 aliphatic rings. The van der Waals surface area contributed by atoms with Crippen LogP contribution >= 0.6 is 0 Å². The van der Waals surface area contributed by atoms with Crippen LogP contribution in [-0.2, 0) is 23.7 Å². The van der Waals surface area contributed by atoms with Gasteiger partial charge in [0.25, 0.3) is 0 Å². The number of aliphatic hydroxyl groups is 5. The van der Waals surface area contributed by atoms with E-state index in [0.717, 1.165) is 0 Å². The number of aliphatic hydroxyl groups excluding tert-OH is 4. The molecule has 1 aromatic rings. The van der Waals surface area contributed by atoms with E-state index < -0.39 is 72.1 Å². The number of ether oxygens (including phenoxy) is 4. The Balaban J connectivity index is 1.39. The lowest BCUT2D eigenvalue weighted by Crippen LogP contribution is -2.73. The maximum Gasteiger partial charge on any atom is 0.338 e. The van der Waals surface area contributed by atoms with Crippen molar-refractivity contribution in [1.82, 2.24) is 0 Å². The van der Waals surface area contributed by atoms with Crippen LogP contribution in [0.1, 0.15) is 30.1 Å². The highest BCUT2D eigenvalue weighted by molar-refractivity contribution is 5.90. The number of rotatable bonds is 6. The second-order valence-electron chi connectivity index (χ2n) is 9.63. The third kappa shape index (κ3) is 3.06. The highest BCUT2D eigenvalue weighted by Gasteiger charge is 2.86. The zero-order chi connectivity index (χ0) is 24.5. The molecular weight excluding hydrogens is 452 g/mol. The van der Waals surface area contributed by atoms with E-state index in [9.17, 15) is 35.1 Å². The van der Waals surface area contributed by atoms with Gasteiger partial charge in [-0.1, -0.05) is 18.2 Å². The molecule has 4 fully saturated rings. The maximum absolute atomic E-state index is 12.6. The van der Waals surface area contributed by atoms with Crippen LogP contribution < -0.4 is 0 Å². The number of esters is 1. The maximum atomic E-state index is 12.6. The van der Waals surface area contributed by atoms with Crippen molar-refractivity contribution in [3.63, 3.8) is 0 Å². The van der Waals surface area contributed by atoms with Gasteiger partial charge in [-0.05, 0) is 25.5 Å². The van der Waals surface area contributed by atoms with Gasteiger partial charge < -0.3 is 44.5 Å². The number of Topliss-reactive ketones (excluding diaryl/α,β-unsaturated/α-hetero) is 1. The molecule has 5 rings (SSSR count). The number of hydrogen-bond donors (Lipinski definition) is 5. The molecule has 10 atom stereocenters. The summed E-state index contributed by atoms with van der Waals surface area (Å²) >= 11 is 0. The predicted molar refractivity (Wildman–Crippen MR) is 110 cm³/mol. The number of benzene rings is 1. The zero-order valence-electron chi connectivity index (χ0n) is 18.4. The smallest absolute Gasteiger partial charge is 0.338 e. The Morgan fingerprint density at radius 1 is 1.18 bits per heavy atom. The second-order valence-corrected chi connectivity index (χ2v) is 9.63. The van der Waals surface area contributed by atoms with Gasteiger partial charge in [-0.2, -0.15) is 0 Å². The van der Waals surface area contributed by atoms with Gasteiger partial charge in [-0.15, -0.1) is 0 Å². The fraction of sp³-hybridized carbons (Fsp3) is 0.652. The molecule has 34 heavy (non-hydrogen) atoms. The van der Waals surface area contributed by atoms with Crippen molar-refractivity contribution in [2.75, 3.05) is 13.2 Å². The average molecular weight is 480 g/mol. The van der Waals surface area contributed by atoms with Crippen molar-refractivity contribution in [2.45, 2.75) is 68.0 Å². The molecule has 186 valence electrons. The highest BCUT2D eigenvalue weighted by atomic mass is 16.8. The van der Waals surface area contributed by atoms with Crippen LogP contribution in [0, 0.1) is 11.3 Å². The molecular formula is C23H28O11. The zero-order valence-corrected chi connectivity index (χ0v) is 18.4. The first-order valence-corrected chi connectivity index (χ1v) is 11.2. The molecule has 2 aliphatic heterocycles. The topological polar surface area (TPSA) is 172 Å². The third-order valence-corrected chi connectivity index (χ3v) is 8.01. The van der Waals surface area contributed by atoms with Crippen molar-refractivity contribution in [3.05, 3.63) is 35.9 Å². The van der Waals surface area contributed by atoms with Crippen LogP contribution in [0.3, 0.4) is 0 Å². The van der Waals surface area contributed by atoms with Crippen LogP contribution in [-0.4, -0.2) is 98.7 Å². The lowest BCUT2D eigenvalue weighted by Gasteiger charge is -2.58. The monoisotopic (exact) mass is 480 g/mol. The van der Waals surface area contributed by atoms with E-state index in [1.807, 2.05) is 0 Å². The summed E-state index contributed by atoms with van der Waals surface area (Å²) in [6.45, 7) is 0.483. The van der Waals surface area contributed by atoms with Gasteiger partial charge in [0, 0.05) is 12.3 Å². The molecule has 0 bridgehead atoms. The summed E-state index contributed by atoms with van der Waals surface area (Å²) in [6.07, 6.45) is -8.57. The Labute approximate surface area is 194 Å². The van der Waals surface area contributed by atoms with Gasteiger partial charge in [0.2, 0.25) is 0 Å². The summed E-state index contributed by atoms with van der Waals surface area (Å²) in [5.74, 6) is -3.17. The highest BCUT2D eigenvalue weighted by Crippen LogP contribution is 2.72. The van der Waals surface area contributed by atoms with Gasteiger partial charge in [0.05, 0.1) is 23.7 Å².